The molecule has 0 bridgehead atoms. The molecule has 200 valence electrons. The summed E-state index contributed by atoms with van der Waals surface area (Å²) in [6, 6.07) is 9.89. The fourth-order valence-electron chi connectivity index (χ4n) is 3.31. The fourth-order valence-corrected chi connectivity index (χ4v) is 3.31. The SMILES string of the molecule is COC(/C=C/c1ccccc1)C(C)[C@@H](O)C(C)/C=C/C(C)=C/C(=O)N/C=C\C/C=C\C(=O)NCC(=O)O. The standard InChI is InChI=1S/C29H38N2O6/c1-21(19-27(33)30-18-10-6-9-13-26(32)31-20-28(34)35)14-15-22(2)29(36)23(3)25(37-4)17-16-24-11-7-5-8-12-24/h5,7-19,22-23,25,29,36H,6,20H2,1-4H3,(H,30,33)(H,31,32)(H,34,35)/b13-9-,15-14+,17-16+,18-10-,21-19+/t22?,23?,25?,29-/m0/s1. The number of hydrogen-bond donors (Lipinski definition) is 4. The predicted octanol–water partition coefficient (Wildman–Crippen LogP) is 3.63. The number of benzene rings is 1. The third-order valence-electron chi connectivity index (χ3n) is 5.47. The van der Waals surface area contributed by atoms with E-state index in [0.29, 0.717) is 6.42 Å². The van der Waals surface area contributed by atoms with Gasteiger partial charge in [0.25, 0.3) is 0 Å². The first-order valence-electron chi connectivity index (χ1n) is 12.1. The zero-order chi connectivity index (χ0) is 27.6. The molecule has 0 aliphatic heterocycles. The summed E-state index contributed by atoms with van der Waals surface area (Å²) < 4.78 is 5.59. The highest BCUT2D eigenvalue weighted by Gasteiger charge is 2.25. The van der Waals surface area contributed by atoms with E-state index >= 15 is 0 Å². The highest BCUT2D eigenvalue weighted by molar-refractivity contribution is 5.90. The molecular weight excluding hydrogens is 472 g/mol. The summed E-state index contributed by atoms with van der Waals surface area (Å²) >= 11 is 0. The van der Waals surface area contributed by atoms with Gasteiger partial charge in [0.1, 0.15) is 6.54 Å². The highest BCUT2D eigenvalue weighted by atomic mass is 16.5. The van der Waals surface area contributed by atoms with Crippen LogP contribution in [-0.2, 0) is 19.1 Å². The molecule has 0 aliphatic carbocycles. The highest BCUT2D eigenvalue weighted by Crippen LogP contribution is 2.21. The van der Waals surface area contributed by atoms with Gasteiger partial charge in [-0.15, -0.1) is 0 Å². The molecule has 1 rings (SSSR count). The number of carboxylic acids is 1. The van der Waals surface area contributed by atoms with Crippen LogP contribution < -0.4 is 10.6 Å². The molecule has 0 radical (unpaired) electrons. The van der Waals surface area contributed by atoms with Crippen molar-refractivity contribution in [2.75, 3.05) is 13.7 Å². The van der Waals surface area contributed by atoms with Gasteiger partial charge in [0.15, 0.2) is 0 Å². The molecule has 8 nitrogen and oxygen atoms in total. The molecule has 37 heavy (non-hydrogen) atoms. The van der Waals surface area contributed by atoms with Crippen LogP contribution in [0.25, 0.3) is 6.08 Å². The number of nitrogens with one attached hydrogen (secondary N) is 2. The van der Waals surface area contributed by atoms with Gasteiger partial charge in [-0.3, -0.25) is 14.4 Å². The number of ether oxygens (including phenoxy) is 1. The predicted molar refractivity (Wildman–Crippen MR) is 145 cm³/mol. The van der Waals surface area contributed by atoms with Crippen molar-refractivity contribution < 1.29 is 29.3 Å². The Balaban J connectivity index is 2.52. The molecule has 0 fully saturated rings. The van der Waals surface area contributed by atoms with Crippen LogP contribution in [0, 0.1) is 11.8 Å². The maximum atomic E-state index is 12.1. The second-order valence-corrected chi connectivity index (χ2v) is 8.59. The maximum Gasteiger partial charge on any atom is 0.322 e. The Morgan fingerprint density at radius 2 is 1.73 bits per heavy atom. The Bertz CT molecular complexity index is 1010. The molecule has 0 heterocycles. The smallest absolute Gasteiger partial charge is 0.322 e. The lowest BCUT2D eigenvalue weighted by Crippen LogP contribution is -2.33. The normalized spacial score (nSPS) is 15.8. The van der Waals surface area contributed by atoms with Crippen molar-refractivity contribution in [3.8, 4) is 0 Å². The average Bonchev–Trinajstić information content (AvgIpc) is 2.88. The summed E-state index contributed by atoms with van der Waals surface area (Å²) in [5.74, 6) is -2.24. The van der Waals surface area contributed by atoms with Crippen molar-refractivity contribution in [3.63, 3.8) is 0 Å². The molecule has 3 unspecified atom stereocenters. The lowest BCUT2D eigenvalue weighted by Gasteiger charge is -2.27. The minimum Gasteiger partial charge on any atom is -0.480 e. The van der Waals surface area contributed by atoms with Gasteiger partial charge in [-0.25, -0.2) is 0 Å². The number of methoxy groups -OCH3 is 1. The van der Waals surface area contributed by atoms with E-state index in [1.165, 1.54) is 18.4 Å². The van der Waals surface area contributed by atoms with Gasteiger partial charge in [-0.2, -0.15) is 0 Å². The van der Waals surface area contributed by atoms with Gasteiger partial charge in [0.2, 0.25) is 11.8 Å². The third-order valence-corrected chi connectivity index (χ3v) is 5.47. The molecule has 0 saturated heterocycles. The van der Waals surface area contributed by atoms with E-state index in [1.54, 1.807) is 32.3 Å². The number of carbonyl (C=O) groups is 3. The van der Waals surface area contributed by atoms with E-state index < -0.39 is 24.5 Å². The molecule has 4 N–H and O–H groups in total. The molecule has 1 aromatic carbocycles. The number of amides is 2. The maximum absolute atomic E-state index is 12.1. The Morgan fingerprint density at radius 3 is 2.38 bits per heavy atom. The molecule has 0 saturated carbocycles. The van der Waals surface area contributed by atoms with Crippen molar-refractivity contribution in [3.05, 3.63) is 90.2 Å². The number of allylic oxidation sites excluding steroid dienone is 4. The van der Waals surface area contributed by atoms with Crippen LogP contribution >= 0.6 is 0 Å². The summed E-state index contributed by atoms with van der Waals surface area (Å²) in [6.07, 6.45) is 14.4. The summed E-state index contributed by atoms with van der Waals surface area (Å²) in [6.45, 7) is 5.21. The van der Waals surface area contributed by atoms with Gasteiger partial charge in [0, 0.05) is 31.2 Å². The first-order chi connectivity index (χ1) is 17.6. The minimum absolute atomic E-state index is 0.153. The largest absolute Gasteiger partial charge is 0.480 e. The van der Waals surface area contributed by atoms with E-state index in [-0.39, 0.29) is 23.8 Å². The zero-order valence-corrected chi connectivity index (χ0v) is 21.8. The van der Waals surface area contributed by atoms with E-state index in [9.17, 15) is 19.5 Å². The van der Waals surface area contributed by atoms with Crippen molar-refractivity contribution in [1.82, 2.24) is 10.6 Å². The number of hydrogen-bond acceptors (Lipinski definition) is 5. The van der Waals surface area contributed by atoms with Crippen LogP contribution in [0.4, 0.5) is 0 Å². The number of aliphatic hydroxyl groups is 1. The van der Waals surface area contributed by atoms with E-state index in [4.69, 9.17) is 9.84 Å². The second kappa shape index (κ2) is 17.6. The van der Waals surface area contributed by atoms with Gasteiger partial charge in [-0.05, 0) is 30.6 Å². The van der Waals surface area contributed by atoms with Crippen LogP contribution in [0.1, 0.15) is 32.8 Å². The second-order valence-electron chi connectivity index (χ2n) is 8.59. The van der Waals surface area contributed by atoms with Gasteiger partial charge >= 0.3 is 5.97 Å². The molecule has 4 atom stereocenters. The lowest BCUT2D eigenvalue weighted by atomic mass is 9.88. The van der Waals surface area contributed by atoms with Crippen LogP contribution in [-0.4, -0.2) is 53.9 Å². The Labute approximate surface area is 219 Å². The number of carbonyl (C=O) groups excluding carboxylic acids is 2. The van der Waals surface area contributed by atoms with Crippen molar-refractivity contribution in [2.24, 2.45) is 11.8 Å². The Morgan fingerprint density at radius 1 is 1.03 bits per heavy atom. The van der Waals surface area contributed by atoms with Crippen LogP contribution in [0.3, 0.4) is 0 Å². The molecule has 0 aromatic heterocycles. The summed E-state index contributed by atoms with van der Waals surface area (Å²) in [5.41, 5.74) is 1.78. The van der Waals surface area contributed by atoms with Gasteiger partial charge < -0.3 is 25.6 Å². The van der Waals surface area contributed by atoms with Gasteiger partial charge in [-0.1, -0.05) is 80.6 Å². The van der Waals surface area contributed by atoms with Crippen LogP contribution in [0.2, 0.25) is 0 Å². The molecular formula is C29H38N2O6. The van der Waals surface area contributed by atoms with Gasteiger partial charge in [0.05, 0.1) is 12.2 Å². The first-order valence-corrected chi connectivity index (χ1v) is 12.1. The van der Waals surface area contributed by atoms with Crippen molar-refractivity contribution in [2.45, 2.75) is 39.4 Å². The Kier molecular flexibility index (Phi) is 14.9. The van der Waals surface area contributed by atoms with E-state index in [0.717, 1.165) is 11.1 Å². The number of rotatable bonds is 15. The van der Waals surface area contributed by atoms with Crippen molar-refractivity contribution in [1.29, 1.82) is 0 Å². The summed E-state index contributed by atoms with van der Waals surface area (Å²) in [7, 11) is 1.62. The Hall–Kier alpha value is -3.75. The fraction of sp³-hybridized carbons (Fsp3) is 0.345. The monoisotopic (exact) mass is 510 g/mol. The van der Waals surface area contributed by atoms with Crippen LogP contribution in [0.15, 0.2) is 84.6 Å². The minimum atomic E-state index is -1.12. The van der Waals surface area contributed by atoms with Crippen molar-refractivity contribution >= 4 is 23.9 Å². The topological polar surface area (TPSA) is 125 Å². The molecule has 0 spiro atoms. The quantitative estimate of drug-likeness (QED) is 0.211. The number of carboxylic acid groups (broad SMARTS) is 1. The number of aliphatic hydroxyl groups excluding tert-OH is 1. The van der Waals surface area contributed by atoms with E-state index in [2.05, 4.69) is 10.6 Å². The molecule has 2 amide bonds. The zero-order valence-electron chi connectivity index (χ0n) is 21.8. The first kappa shape index (κ1) is 31.3. The van der Waals surface area contributed by atoms with Crippen LogP contribution in [0.5, 0.6) is 0 Å². The lowest BCUT2D eigenvalue weighted by molar-refractivity contribution is -0.137. The molecule has 1 aromatic rings. The molecule has 8 heteroatoms. The summed E-state index contributed by atoms with van der Waals surface area (Å²) in [5, 5.41) is 24.1. The van der Waals surface area contributed by atoms with E-state index in [1.807, 2.05) is 62.4 Å². The average molecular weight is 511 g/mol. The molecule has 0 aliphatic rings. The summed E-state index contributed by atoms with van der Waals surface area (Å²) in [4.78, 5) is 33.8. The number of aliphatic carboxylic acids is 1. The third kappa shape index (κ3) is 13.8.